The summed E-state index contributed by atoms with van der Waals surface area (Å²) in [5.41, 5.74) is 1.64. The van der Waals surface area contributed by atoms with Crippen LogP contribution < -0.4 is 5.32 Å². The maximum atomic E-state index is 12.7. The van der Waals surface area contributed by atoms with Gasteiger partial charge in [-0.15, -0.1) is 0 Å². The van der Waals surface area contributed by atoms with Crippen LogP contribution >= 0.6 is 0 Å². The van der Waals surface area contributed by atoms with Crippen molar-refractivity contribution in [2.75, 3.05) is 38.7 Å². The summed E-state index contributed by atoms with van der Waals surface area (Å²) in [7, 11) is 0.612. The number of carbonyl (C=O) groups excluding carboxylic acids is 1. The predicted octanol–water partition coefficient (Wildman–Crippen LogP) is 5.30. The van der Waals surface area contributed by atoms with Crippen LogP contribution in [0.2, 0.25) is 25.7 Å². The standard InChI is InChI=1S/C27H45N5O4Si/c1-27(2,3)36-26(33)31-10-8-9-20(14-31)30-24-23-22(21-13-19(21)16-34-4)15-32(25(23)29-17-28-24)18-35-11-12-37(5,6)7/h15,17,19-21H,8-14,16,18H2,1-7H3,(H,28,29,30)/t19?,20-,21?/m1/s1. The minimum Gasteiger partial charge on any atom is -0.444 e. The molecule has 0 aromatic carbocycles. The van der Waals surface area contributed by atoms with E-state index in [1.165, 1.54) is 5.56 Å². The fourth-order valence-corrected chi connectivity index (χ4v) is 5.75. The number of fused-ring (bicyclic) bond motifs is 1. The number of nitrogens with one attached hydrogen (secondary N) is 1. The maximum absolute atomic E-state index is 12.7. The SMILES string of the molecule is COCC1CC1c1cn(COCC[Si](C)(C)C)c2ncnc(N[C@@H]3CCCN(C(=O)OC(C)(C)C)C3)c12. The van der Waals surface area contributed by atoms with Crippen LogP contribution in [0.4, 0.5) is 10.6 Å². The summed E-state index contributed by atoms with van der Waals surface area (Å²) in [4.78, 5) is 23.8. The van der Waals surface area contributed by atoms with Crippen LogP contribution in [0.15, 0.2) is 12.5 Å². The molecule has 3 atom stereocenters. The van der Waals surface area contributed by atoms with E-state index in [0.29, 0.717) is 31.7 Å². The second kappa shape index (κ2) is 11.3. The predicted molar refractivity (Wildman–Crippen MR) is 149 cm³/mol. The van der Waals surface area contributed by atoms with E-state index >= 15 is 0 Å². The van der Waals surface area contributed by atoms with Crippen molar-refractivity contribution in [3.05, 3.63) is 18.1 Å². The number of aromatic nitrogens is 3. The van der Waals surface area contributed by atoms with Crippen LogP contribution in [0.1, 0.15) is 51.5 Å². The summed E-state index contributed by atoms with van der Waals surface area (Å²) in [6.07, 6.45) is 6.57. The van der Waals surface area contributed by atoms with Gasteiger partial charge in [-0.2, -0.15) is 0 Å². The molecule has 37 heavy (non-hydrogen) atoms. The molecule has 9 nitrogen and oxygen atoms in total. The molecule has 1 aliphatic carbocycles. The Morgan fingerprint density at radius 2 is 2.03 bits per heavy atom. The van der Waals surface area contributed by atoms with Gasteiger partial charge in [-0.25, -0.2) is 14.8 Å². The van der Waals surface area contributed by atoms with Gasteiger partial charge in [-0.05, 0) is 63.5 Å². The van der Waals surface area contributed by atoms with Gasteiger partial charge in [0.1, 0.15) is 30.1 Å². The second-order valence-electron chi connectivity index (χ2n) is 12.8. The zero-order valence-corrected chi connectivity index (χ0v) is 24.7. The highest BCUT2D eigenvalue weighted by Gasteiger charge is 2.41. The van der Waals surface area contributed by atoms with Crippen LogP contribution in [-0.2, 0) is 20.9 Å². The summed E-state index contributed by atoms with van der Waals surface area (Å²) < 4.78 is 19.3. The van der Waals surface area contributed by atoms with E-state index < -0.39 is 13.7 Å². The number of hydrogen-bond donors (Lipinski definition) is 1. The molecule has 4 rings (SSSR count). The highest BCUT2D eigenvalue weighted by atomic mass is 28.3. The number of rotatable bonds is 10. The molecule has 1 aliphatic heterocycles. The number of carbonyl (C=O) groups is 1. The average molecular weight is 532 g/mol. The summed E-state index contributed by atoms with van der Waals surface area (Å²) in [5, 5.41) is 4.73. The molecule has 2 aliphatic rings. The molecular formula is C27H45N5O4Si. The Morgan fingerprint density at radius 1 is 1.24 bits per heavy atom. The molecule has 10 heteroatoms. The molecule has 1 N–H and O–H groups in total. The van der Waals surface area contributed by atoms with Gasteiger partial charge >= 0.3 is 6.09 Å². The zero-order chi connectivity index (χ0) is 26.8. The minimum absolute atomic E-state index is 0.0949. The first-order valence-corrected chi connectivity index (χ1v) is 17.3. The fraction of sp³-hybridized carbons (Fsp3) is 0.741. The number of ether oxygens (including phenoxy) is 3. The number of likely N-dealkylation sites (tertiary alicyclic amines) is 1. The number of anilines is 1. The minimum atomic E-state index is -1.15. The van der Waals surface area contributed by atoms with Gasteiger partial charge in [-0.3, -0.25) is 0 Å². The van der Waals surface area contributed by atoms with E-state index in [2.05, 4.69) is 45.7 Å². The van der Waals surface area contributed by atoms with Gasteiger partial charge in [0.05, 0.1) is 5.39 Å². The Kier molecular flexibility index (Phi) is 8.50. The molecule has 0 radical (unpaired) electrons. The smallest absolute Gasteiger partial charge is 0.410 e. The summed E-state index contributed by atoms with van der Waals surface area (Å²) >= 11 is 0. The molecule has 2 aromatic rings. The Morgan fingerprint density at radius 3 is 2.73 bits per heavy atom. The topological polar surface area (TPSA) is 90.7 Å². The Balaban J connectivity index is 1.54. The van der Waals surface area contributed by atoms with E-state index in [9.17, 15) is 4.79 Å². The number of nitrogens with zero attached hydrogens (tertiary/aromatic N) is 4. The van der Waals surface area contributed by atoms with Gasteiger partial charge in [0.25, 0.3) is 0 Å². The lowest BCUT2D eigenvalue weighted by Crippen LogP contribution is -2.47. The van der Waals surface area contributed by atoms with E-state index in [4.69, 9.17) is 14.2 Å². The molecule has 0 bridgehead atoms. The van der Waals surface area contributed by atoms with E-state index in [-0.39, 0.29) is 12.1 Å². The van der Waals surface area contributed by atoms with Gasteiger partial charge < -0.3 is 29.0 Å². The van der Waals surface area contributed by atoms with Gasteiger partial charge in [0.15, 0.2) is 0 Å². The summed E-state index contributed by atoms with van der Waals surface area (Å²) in [5.74, 6) is 1.78. The zero-order valence-electron chi connectivity index (χ0n) is 23.7. The van der Waals surface area contributed by atoms with Crippen LogP contribution in [-0.4, -0.2) is 78.7 Å². The summed E-state index contributed by atoms with van der Waals surface area (Å²) in [6.45, 7) is 16.1. The number of hydrogen-bond acceptors (Lipinski definition) is 7. The lowest BCUT2D eigenvalue weighted by Gasteiger charge is -2.34. The monoisotopic (exact) mass is 531 g/mol. The van der Waals surface area contributed by atoms with E-state index in [0.717, 1.165) is 55.4 Å². The van der Waals surface area contributed by atoms with Crippen molar-refractivity contribution in [2.24, 2.45) is 5.92 Å². The van der Waals surface area contributed by atoms with Crippen LogP contribution in [0, 0.1) is 5.92 Å². The molecule has 2 aromatic heterocycles. The molecule has 1 saturated heterocycles. The van der Waals surface area contributed by atoms with Crippen molar-refractivity contribution in [2.45, 2.75) is 90.0 Å². The molecule has 2 unspecified atom stereocenters. The fourth-order valence-electron chi connectivity index (χ4n) is 4.99. The van der Waals surface area contributed by atoms with Crippen molar-refractivity contribution < 1.29 is 19.0 Å². The summed E-state index contributed by atoms with van der Waals surface area (Å²) in [6, 6.07) is 1.23. The Labute approximate surface area is 222 Å². The first-order valence-electron chi connectivity index (χ1n) is 13.6. The third kappa shape index (κ3) is 7.45. The van der Waals surface area contributed by atoms with Crippen molar-refractivity contribution in [1.29, 1.82) is 0 Å². The van der Waals surface area contributed by atoms with Gasteiger partial charge in [0, 0.05) is 53.7 Å². The second-order valence-corrected chi connectivity index (χ2v) is 18.4. The third-order valence-corrected chi connectivity index (χ3v) is 8.73. The normalized spacial score (nSPS) is 22.4. The Hall–Kier alpha value is -2.17. The van der Waals surface area contributed by atoms with Crippen LogP contribution in [0.3, 0.4) is 0 Å². The van der Waals surface area contributed by atoms with Crippen molar-refractivity contribution in [1.82, 2.24) is 19.4 Å². The molecule has 3 heterocycles. The molecule has 1 saturated carbocycles. The molecule has 206 valence electrons. The van der Waals surface area contributed by atoms with Gasteiger partial charge in [0.2, 0.25) is 0 Å². The van der Waals surface area contributed by atoms with Gasteiger partial charge in [-0.1, -0.05) is 19.6 Å². The van der Waals surface area contributed by atoms with Crippen LogP contribution in [0.25, 0.3) is 11.0 Å². The first kappa shape index (κ1) is 27.9. The van der Waals surface area contributed by atoms with Crippen molar-refractivity contribution >= 4 is 31.0 Å². The van der Waals surface area contributed by atoms with Crippen molar-refractivity contribution in [3.63, 3.8) is 0 Å². The molecule has 2 fully saturated rings. The average Bonchev–Trinajstić information content (AvgIpc) is 3.46. The highest BCUT2D eigenvalue weighted by Crippen LogP contribution is 2.50. The maximum Gasteiger partial charge on any atom is 0.410 e. The number of piperidine rings is 1. The van der Waals surface area contributed by atoms with E-state index in [1.54, 1.807) is 18.3 Å². The largest absolute Gasteiger partial charge is 0.444 e. The van der Waals surface area contributed by atoms with E-state index in [1.807, 2.05) is 20.8 Å². The quantitative estimate of drug-likeness (QED) is 0.328. The lowest BCUT2D eigenvalue weighted by atomic mass is 10.1. The molecular weight excluding hydrogens is 486 g/mol. The first-order chi connectivity index (χ1) is 17.4. The van der Waals surface area contributed by atoms with Crippen LogP contribution in [0.5, 0.6) is 0 Å². The highest BCUT2D eigenvalue weighted by molar-refractivity contribution is 6.76. The van der Waals surface area contributed by atoms with Crippen molar-refractivity contribution in [3.8, 4) is 0 Å². The Bertz CT molecular complexity index is 1080. The lowest BCUT2D eigenvalue weighted by molar-refractivity contribution is 0.0206. The molecule has 0 spiro atoms. The number of amides is 1. The molecule has 1 amide bonds. The number of methoxy groups -OCH3 is 1. The third-order valence-electron chi connectivity index (χ3n) is 7.03.